The molecule has 2 aromatic rings. The molecule has 6 nitrogen and oxygen atoms in total. The molecular weight excluding hydrogens is 356 g/mol. The second kappa shape index (κ2) is 9.10. The standard InChI is InChI=1S/C19H21ClN2O4/c1-12-9-14(20)5-8-17(12)26-11-19(23)22-21-13(2)16-7-6-15(24-3)10-18(16)25-4/h5-10H,11H2,1-4H3,(H,22,23). The summed E-state index contributed by atoms with van der Waals surface area (Å²) in [4.78, 5) is 12.0. The van der Waals surface area contributed by atoms with Gasteiger partial charge in [0.15, 0.2) is 6.61 Å². The quantitative estimate of drug-likeness (QED) is 0.592. The van der Waals surface area contributed by atoms with Gasteiger partial charge in [-0.25, -0.2) is 5.43 Å². The van der Waals surface area contributed by atoms with Gasteiger partial charge in [-0.05, 0) is 49.7 Å². The van der Waals surface area contributed by atoms with Crippen molar-refractivity contribution in [1.29, 1.82) is 0 Å². The van der Waals surface area contributed by atoms with Crippen LogP contribution in [0, 0.1) is 6.92 Å². The van der Waals surface area contributed by atoms with E-state index in [1.54, 1.807) is 51.5 Å². The van der Waals surface area contributed by atoms with Gasteiger partial charge in [0.1, 0.15) is 17.2 Å². The minimum Gasteiger partial charge on any atom is -0.497 e. The highest BCUT2D eigenvalue weighted by atomic mass is 35.5. The Morgan fingerprint density at radius 2 is 1.88 bits per heavy atom. The summed E-state index contributed by atoms with van der Waals surface area (Å²) in [5.74, 6) is 1.51. The van der Waals surface area contributed by atoms with Gasteiger partial charge in [-0.1, -0.05) is 11.6 Å². The number of nitrogens with zero attached hydrogens (tertiary/aromatic N) is 1. The number of amides is 1. The molecule has 0 spiro atoms. The van der Waals surface area contributed by atoms with Gasteiger partial charge in [-0.15, -0.1) is 0 Å². The van der Waals surface area contributed by atoms with E-state index in [4.69, 9.17) is 25.8 Å². The van der Waals surface area contributed by atoms with Crippen LogP contribution in [0.25, 0.3) is 0 Å². The highest BCUT2D eigenvalue weighted by Crippen LogP contribution is 2.25. The van der Waals surface area contributed by atoms with E-state index in [2.05, 4.69) is 10.5 Å². The van der Waals surface area contributed by atoms with Crippen LogP contribution in [-0.4, -0.2) is 32.4 Å². The summed E-state index contributed by atoms with van der Waals surface area (Å²) in [6, 6.07) is 10.6. The number of ether oxygens (including phenoxy) is 3. The van der Waals surface area contributed by atoms with Crippen LogP contribution in [0.2, 0.25) is 5.02 Å². The first kappa shape index (κ1) is 19.6. The van der Waals surface area contributed by atoms with Crippen molar-refractivity contribution >= 4 is 23.2 Å². The van der Waals surface area contributed by atoms with Crippen LogP contribution >= 0.6 is 11.6 Å². The van der Waals surface area contributed by atoms with Crippen molar-refractivity contribution in [3.8, 4) is 17.2 Å². The number of hydrogen-bond donors (Lipinski definition) is 1. The number of carbonyl (C=O) groups excluding carboxylic acids is 1. The molecule has 2 aromatic carbocycles. The van der Waals surface area contributed by atoms with Gasteiger partial charge in [0.05, 0.1) is 19.9 Å². The lowest BCUT2D eigenvalue weighted by atomic mass is 10.1. The number of methoxy groups -OCH3 is 2. The van der Waals surface area contributed by atoms with E-state index in [0.717, 1.165) is 11.1 Å². The van der Waals surface area contributed by atoms with E-state index in [1.807, 2.05) is 13.0 Å². The number of aryl methyl sites for hydroxylation is 1. The molecule has 0 aliphatic rings. The van der Waals surface area contributed by atoms with E-state index in [1.165, 1.54) is 0 Å². The number of hydrazone groups is 1. The largest absolute Gasteiger partial charge is 0.497 e. The van der Waals surface area contributed by atoms with Crippen LogP contribution in [0.4, 0.5) is 0 Å². The van der Waals surface area contributed by atoms with Crippen LogP contribution in [0.3, 0.4) is 0 Å². The number of benzene rings is 2. The average molecular weight is 377 g/mol. The van der Waals surface area contributed by atoms with Gasteiger partial charge in [-0.2, -0.15) is 5.10 Å². The molecule has 0 aliphatic carbocycles. The van der Waals surface area contributed by atoms with Gasteiger partial charge in [-0.3, -0.25) is 4.79 Å². The third-order valence-corrected chi connectivity index (χ3v) is 3.88. The minimum absolute atomic E-state index is 0.154. The highest BCUT2D eigenvalue weighted by molar-refractivity contribution is 6.30. The number of carbonyl (C=O) groups is 1. The summed E-state index contributed by atoms with van der Waals surface area (Å²) >= 11 is 5.90. The number of rotatable bonds is 7. The third kappa shape index (κ3) is 5.13. The molecule has 26 heavy (non-hydrogen) atoms. The van der Waals surface area contributed by atoms with Crippen LogP contribution < -0.4 is 19.6 Å². The molecule has 7 heteroatoms. The van der Waals surface area contributed by atoms with Crippen molar-refractivity contribution in [3.05, 3.63) is 52.5 Å². The molecule has 0 aromatic heterocycles. The van der Waals surface area contributed by atoms with Crippen LogP contribution in [0.5, 0.6) is 17.2 Å². The molecule has 0 aliphatic heterocycles. The molecule has 138 valence electrons. The van der Waals surface area contributed by atoms with Crippen LogP contribution in [0.15, 0.2) is 41.5 Å². The van der Waals surface area contributed by atoms with Crippen molar-refractivity contribution in [3.63, 3.8) is 0 Å². The van der Waals surface area contributed by atoms with E-state index in [9.17, 15) is 4.79 Å². The molecule has 0 saturated heterocycles. The lowest BCUT2D eigenvalue weighted by molar-refractivity contribution is -0.123. The molecule has 2 rings (SSSR count). The Labute approximate surface area is 157 Å². The molecule has 0 heterocycles. The molecule has 1 N–H and O–H groups in total. The Hall–Kier alpha value is -2.73. The first-order chi connectivity index (χ1) is 12.4. The molecule has 0 atom stereocenters. The van der Waals surface area contributed by atoms with Crippen molar-refractivity contribution in [1.82, 2.24) is 5.43 Å². The molecule has 0 unspecified atom stereocenters. The van der Waals surface area contributed by atoms with Gasteiger partial charge < -0.3 is 14.2 Å². The molecule has 0 radical (unpaired) electrons. The predicted octanol–water partition coefficient (Wildman–Crippen LogP) is 3.58. The van der Waals surface area contributed by atoms with Crippen molar-refractivity contribution in [2.75, 3.05) is 20.8 Å². The third-order valence-electron chi connectivity index (χ3n) is 3.64. The second-order valence-corrected chi connectivity index (χ2v) is 5.93. The minimum atomic E-state index is -0.369. The van der Waals surface area contributed by atoms with Crippen LogP contribution in [-0.2, 0) is 4.79 Å². The Morgan fingerprint density at radius 1 is 1.12 bits per heavy atom. The smallest absolute Gasteiger partial charge is 0.277 e. The first-order valence-corrected chi connectivity index (χ1v) is 8.27. The lowest BCUT2D eigenvalue weighted by Gasteiger charge is -2.11. The fourth-order valence-electron chi connectivity index (χ4n) is 2.25. The van der Waals surface area contributed by atoms with Crippen molar-refractivity contribution in [2.45, 2.75) is 13.8 Å². The predicted molar refractivity (Wildman–Crippen MR) is 102 cm³/mol. The zero-order valence-corrected chi connectivity index (χ0v) is 15.9. The van der Waals surface area contributed by atoms with E-state index in [0.29, 0.717) is 28.0 Å². The summed E-state index contributed by atoms with van der Waals surface area (Å²) in [7, 11) is 3.14. The summed E-state index contributed by atoms with van der Waals surface area (Å²) in [5.41, 5.74) is 4.68. The normalized spacial score (nSPS) is 11.0. The Bertz CT molecular complexity index is 821. The molecule has 0 fully saturated rings. The summed E-state index contributed by atoms with van der Waals surface area (Å²) in [5, 5.41) is 4.72. The zero-order chi connectivity index (χ0) is 19.1. The Morgan fingerprint density at radius 3 is 2.54 bits per heavy atom. The first-order valence-electron chi connectivity index (χ1n) is 7.89. The number of nitrogens with one attached hydrogen (secondary N) is 1. The average Bonchev–Trinajstić information content (AvgIpc) is 2.64. The number of hydrogen-bond acceptors (Lipinski definition) is 5. The summed E-state index contributed by atoms with van der Waals surface area (Å²) in [6.45, 7) is 3.48. The topological polar surface area (TPSA) is 69.2 Å². The van der Waals surface area contributed by atoms with Crippen LogP contribution in [0.1, 0.15) is 18.1 Å². The second-order valence-electron chi connectivity index (χ2n) is 5.50. The fourth-order valence-corrected chi connectivity index (χ4v) is 2.48. The Balaban J connectivity index is 1.98. The Kier molecular flexibility index (Phi) is 6.86. The van der Waals surface area contributed by atoms with Gasteiger partial charge in [0.25, 0.3) is 5.91 Å². The van der Waals surface area contributed by atoms with E-state index >= 15 is 0 Å². The molecule has 0 saturated carbocycles. The van der Waals surface area contributed by atoms with Gasteiger partial charge in [0, 0.05) is 16.7 Å². The van der Waals surface area contributed by atoms with Crippen molar-refractivity contribution in [2.24, 2.45) is 5.10 Å². The fraction of sp³-hybridized carbons (Fsp3) is 0.263. The number of halogens is 1. The van der Waals surface area contributed by atoms with Crippen molar-refractivity contribution < 1.29 is 19.0 Å². The molecule has 1 amide bonds. The zero-order valence-electron chi connectivity index (χ0n) is 15.1. The van der Waals surface area contributed by atoms with Gasteiger partial charge >= 0.3 is 0 Å². The van der Waals surface area contributed by atoms with E-state index < -0.39 is 0 Å². The lowest BCUT2D eigenvalue weighted by Crippen LogP contribution is -2.25. The monoisotopic (exact) mass is 376 g/mol. The highest BCUT2D eigenvalue weighted by Gasteiger charge is 2.09. The molecule has 0 bridgehead atoms. The SMILES string of the molecule is COc1ccc(C(C)=NNC(=O)COc2ccc(Cl)cc2C)c(OC)c1. The molecular formula is C19H21ClN2O4. The summed E-state index contributed by atoms with van der Waals surface area (Å²) < 4.78 is 16.0. The van der Waals surface area contributed by atoms with Gasteiger partial charge in [0.2, 0.25) is 0 Å². The summed E-state index contributed by atoms with van der Waals surface area (Å²) in [6.07, 6.45) is 0. The van der Waals surface area contributed by atoms with E-state index in [-0.39, 0.29) is 12.5 Å². The maximum Gasteiger partial charge on any atom is 0.277 e. The maximum absolute atomic E-state index is 12.0. The maximum atomic E-state index is 12.0.